The molecule has 0 amide bonds. The van der Waals surface area contributed by atoms with Crippen LogP contribution in [-0.4, -0.2) is 38.8 Å². The number of benzene rings is 2. The Morgan fingerprint density at radius 1 is 1.09 bits per heavy atom. The lowest BCUT2D eigenvalue weighted by atomic mass is 9.88. The molecule has 0 saturated heterocycles. The summed E-state index contributed by atoms with van der Waals surface area (Å²) in [5, 5.41) is 3.74. The molecule has 6 heteroatoms. The predicted octanol–water partition coefficient (Wildman–Crippen LogP) is 6.05. The van der Waals surface area contributed by atoms with Crippen molar-refractivity contribution in [1.82, 2.24) is 0 Å². The number of carbonyl (C=O) groups excluding carboxylic acids is 1. The number of halogens is 1. The van der Waals surface area contributed by atoms with Gasteiger partial charge in [-0.05, 0) is 66.6 Å². The zero-order valence-electron chi connectivity index (χ0n) is 19.2. The molecule has 2 atom stereocenters. The monoisotopic (exact) mass is 465 g/mol. The number of rotatable bonds is 9. The number of anilines is 1. The number of nitrogens with one attached hydrogen (secondary N) is 1. The van der Waals surface area contributed by atoms with E-state index >= 15 is 0 Å². The third kappa shape index (κ3) is 6.02. The second-order valence-electron chi connectivity index (χ2n) is 7.65. The molecule has 0 heterocycles. The molecule has 1 N–H and O–H groups in total. The van der Waals surface area contributed by atoms with Crippen molar-refractivity contribution in [2.75, 3.05) is 26.6 Å². The lowest BCUT2D eigenvalue weighted by Crippen LogP contribution is -2.45. The van der Waals surface area contributed by atoms with Crippen LogP contribution in [0, 0.1) is 0 Å². The Bertz CT molecular complexity index is 1100. The summed E-state index contributed by atoms with van der Waals surface area (Å²) in [5.41, 5.74) is 2.72. The average Bonchev–Trinajstić information content (AvgIpc) is 2.83. The van der Waals surface area contributed by atoms with Gasteiger partial charge in [0.25, 0.3) is 0 Å². The summed E-state index contributed by atoms with van der Waals surface area (Å²) in [6.45, 7) is 1.94. The predicted molar refractivity (Wildman–Crippen MR) is 133 cm³/mol. The van der Waals surface area contributed by atoms with Crippen molar-refractivity contribution < 1.29 is 19.0 Å². The molecule has 0 aliphatic heterocycles. The Hall–Kier alpha value is -3.12. The van der Waals surface area contributed by atoms with E-state index in [0.29, 0.717) is 16.3 Å². The quantitative estimate of drug-likeness (QED) is 0.360. The van der Waals surface area contributed by atoms with Gasteiger partial charge in [-0.1, -0.05) is 35.9 Å². The summed E-state index contributed by atoms with van der Waals surface area (Å²) in [6.07, 6.45) is 10.8. The van der Waals surface area contributed by atoms with Gasteiger partial charge in [-0.15, -0.1) is 0 Å². The number of carbonyl (C=O) groups is 1. The Labute approximate surface area is 200 Å². The summed E-state index contributed by atoms with van der Waals surface area (Å²) in [7, 11) is 4.92. The molecule has 0 bridgehead atoms. The lowest BCUT2D eigenvalue weighted by molar-refractivity contribution is -0.0882. The molecule has 1 aliphatic rings. The normalized spacial score (nSPS) is 20.6. The van der Waals surface area contributed by atoms with Gasteiger partial charge in [-0.2, -0.15) is 0 Å². The van der Waals surface area contributed by atoms with Crippen LogP contribution < -0.4 is 5.32 Å². The van der Waals surface area contributed by atoms with Gasteiger partial charge in [0, 0.05) is 42.8 Å². The SMILES string of the molecule is COC1=CC(/C=C\c2cccc(N/C=C\C(=O)c3ccc(Cl)cc3)c2)=CC(OC)C1(C)OC. The molecular weight excluding hydrogens is 438 g/mol. The van der Waals surface area contributed by atoms with Crippen LogP contribution in [0.4, 0.5) is 5.69 Å². The van der Waals surface area contributed by atoms with Crippen LogP contribution in [-0.2, 0) is 14.2 Å². The first-order valence-corrected chi connectivity index (χ1v) is 10.8. The van der Waals surface area contributed by atoms with E-state index in [4.69, 9.17) is 25.8 Å². The van der Waals surface area contributed by atoms with Crippen LogP contribution in [0.25, 0.3) is 6.08 Å². The summed E-state index contributed by atoms with van der Waals surface area (Å²) >= 11 is 5.87. The fourth-order valence-electron chi connectivity index (χ4n) is 3.54. The average molecular weight is 466 g/mol. The van der Waals surface area contributed by atoms with Gasteiger partial charge < -0.3 is 19.5 Å². The second-order valence-corrected chi connectivity index (χ2v) is 8.09. The Kier molecular flexibility index (Phi) is 8.28. The van der Waals surface area contributed by atoms with Crippen LogP contribution in [0.2, 0.25) is 5.02 Å². The summed E-state index contributed by atoms with van der Waals surface area (Å²) in [5.74, 6) is 0.598. The molecule has 2 unspecified atom stereocenters. The maximum atomic E-state index is 12.2. The van der Waals surface area contributed by atoms with Gasteiger partial charge in [0.2, 0.25) is 0 Å². The molecule has 0 aromatic heterocycles. The van der Waals surface area contributed by atoms with Gasteiger partial charge in [-0.25, -0.2) is 0 Å². The van der Waals surface area contributed by atoms with E-state index in [1.165, 1.54) is 6.08 Å². The minimum absolute atomic E-state index is 0.101. The first kappa shape index (κ1) is 24.5. The van der Waals surface area contributed by atoms with Crippen LogP contribution in [0.5, 0.6) is 0 Å². The van der Waals surface area contributed by atoms with Crippen LogP contribution in [0.1, 0.15) is 22.8 Å². The van der Waals surface area contributed by atoms with Crippen molar-refractivity contribution in [2.24, 2.45) is 0 Å². The van der Waals surface area contributed by atoms with Gasteiger partial charge in [-0.3, -0.25) is 4.79 Å². The van der Waals surface area contributed by atoms with Crippen molar-refractivity contribution in [3.8, 4) is 0 Å². The first-order chi connectivity index (χ1) is 15.9. The third-order valence-corrected chi connectivity index (χ3v) is 5.79. The standard InChI is InChI=1S/C27H28ClNO4/c1-27(33-4)25(31-2)17-20(18-26(27)32-3)9-8-19-6-5-7-23(16-19)29-15-14-24(30)21-10-12-22(28)13-11-21/h5-18,25,29H,1-4H3/b9-8-,15-14-. The van der Waals surface area contributed by atoms with Crippen molar-refractivity contribution >= 4 is 29.1 Å². The smallest absolute Gasteiger partial charge is 0.187 e. The van der Waals surface area contributed by atoms with Crippen LogP contribution >= 0.6 is 11.6 Å². The van der Waals surface area contributed by atoms with Gasteiger partial charge in [0.1, 0.15) is 11.9 Å². The molecule has 2 aromatic rings. The highest BCUT2D eigenvalue weighted by molar-refractivity contribution is 6.30. The Balaban J connectivity index is 1.69. The van der Waals surface area contributed by atoms with E-state index < -0.39 is 5.60 Å². The molecule has 3 rings (SSSR count). The summed E-state index contributed by atoms with van der Waals surface area (Å²) < 4.78 is 16.9. The maximum Gasteiger partial charge on any atom is 0.187 e. The fraction of sp³-hybridized carbons (Fsp3) is 0.222. The van der Waals surface area contributed by atoms with Crippen molar-refractivity contribution in [3.63, 3.8) is 0 Å². The molecule has 0 fully saturated rings. The van der Waals surface area contributed by atoms with Gasteiger partial charge in [0.15, 0.2) is 11.4 Å². The number of hydrogen-bond donors (Lipinski definition) is 1. The minimum Gasteiger partial charge on any atom is -0.498 e. The Morgan fingerprint density at radius 2 is 1.85 bits per heavy atom. The largest absolute Gasteiger partial charge is 0.498 e. The molecule has 33 heavy (non-hydrogen) atoms. The number of ether oxygens (including phenoxy) is 3. The second kappa shape index (κ2) is 11.1. The first-order valence-electron chi connectivity index (χ1n) is 10.5. The van der Waals surface area contributed by atoms with Crippen molar-refractivity contribution in [1.29, 1.82) is 0 Å². The van der Waals surface area contributed by atoms with Crippen molar-refractivity contribution in [2.45, 2.75) is 18.6 Å². The number of allylic oxidation sites excluding steroid dienone is 4. The van der Waals surface area contributed by atoms with E-state index in [1.807, 2.05) is 55.5 Å². The topological polar surface area (TPSA) is 56.8 Å². The third-order valence-electron chi connectivity index (χ3n) is 5.54. The number of ketones is 1. The molecule has 172 valence electrons. The summed E-state index contributed by atoms with van der Waals surface area (Å²) in [6, 6.07) is 14.7. The highest BCUT2D eigenvalue weighted by Crippen LogP contribution is 2.34. The van der Waals surface area contributed by atoms with Crippen LogP contribution in [0.3, 0.4) is 0 Å². The van der Waals surface area contributed by atoms with E-state index in [9.17, 15) is 4.79 Å². The highest BCUT2D eigenvalue weighted by atomic mass is 35.5. The molecule has 2 aromatic carbocycles. The van der Waals surface area contributed by atoms with E-state index in [1.54, 1.807) is 51.8 Å². The van der Waals surface area contributed by atoms with Crippen molar-refractivity contribution in [3.05, 3.63) is 107 Å². The van der Waals surface area contributed by atoms with E-state index in [2.05, 4.69) is 5.32 Å². The van der Waals surface area contributed by atoms with Gasteiger partial charge >= 0.3 is 0 Å². The van der Waals surface area contributed by atoms with Gasteiger partial charge in [0.05, 0.1) is 7.11 Å². The molecule has 1 aliphatic carbocycles. The van der Waals surface area contributed by atoms with Crippen LogP contribution in [0.15, 0.2) is 90.4 Å². The molecule has 0 saturated carbocycles. The summed E-state index contributed by atoms with van der Waals surface area (Å²) in [4.78, 5) is 12.2. The zero-order chi connectivity index (χ0) is 23.8. The maximum absolute atomic E-state index is 12.2. The zero-order valence-corrected chi connectivity index (χ0v) is 19.9. The van der Waals surface area contributed by atoms with E-state index in [-0.39, 0.29) is 11.9 Å². The number of hydrogen-bond acceptors (Lipinski definition) is 5. The molecule has 0 spiro atoms. The number of methoxy groups -OCH3 is 3. The lowest BCUT2D eigenvalue weighted by Gasteiger charge is -2.37. The Morgan fingerprint density at radius 3 is 2.52 bits per heavy atom. The van der Waals surface area contributed by atoms with E-state index in [0.717, 1.165) is 16.8 Å². The molecule has 0 radical (unpaired) electrons. The fourth-order valence-corrected chi connectivity index (χ4v) is 3.67. The highest BCUT2D eigenvalue weighted by Gasteiger charge is 2.41. The molecular formula is C27H28ClNO4. The minimum atomic E-state index is -0.680. The molecule has 5 nitrogen and oxygen atoms in total.